The molecule has 114 valence electrons. The molecule has 1 aliphatic rings. The lowest BCUT2D eigenvalue weighted by Gasteiger charge is -2.36. The van der Waals surface area contributed by atoms with Gasteiger partial charge in [-0.05, 0) is 24.8 Å². The second kappa shape index (κ2) is 6.98. The highest BCUT2D eigenvalue weighted by atomic mass is 32.1. The van der Waals surface area contributed by atoms with Crippen LogP contribution < -0.4 is 0 Å². The van der Waals surface area contributed by atoms with E-state index in [1.807, 2.05) is 24.4 Å². The number of morpholine rings is 1. The fourth-order valence-corrected chi connectivity index (χ4v) is 3.99. The molecule has 1 aliphatic heterocycles. The fourth-order valence-electron chi connectivity index (χ4n) is 2.66. The summed E-state index contributed by atoms with van der Waals surface area (Å²) in [5.41, 5.74) is 1.12. The third-order valence-electron chi connectivity index (χ3n) is 3.75. The quantitative estimate of drug-likeness (QED) is 0.918. The lowest BCUT2D eigenvalue weighted by atomic mass is 10.1. The molecule has 2 atom stereocenters. The van der Waals surface area contributed by atoms with Crippen LogP contribution in [0, 0.1) is 6.92 Å². The molecule has 6 heteroatoms. The number of thiophene rings is 1. The van der Waals surface area contributed by atoms with Crippen molar-refractivity contribution in [3.8, 4) is 0 Å². The molecule has 1 N–H and O–H groups in total. The number of hydrogen-bond donors (Lipinski definition) is 1. The minimum atomic E-state index is -0.406. The van der Waals surface area contributed by atoms with E-state index in [4.69, 9.17) is 4.74 Å². The third kappa shape index (κ3) is 3.90. The first-order chi connectivity index (χ1) is 10.2. The zero-order chi connectivity index (χ0) is 14.7. The molecule has 4 nitrogen and oxygen atoms in total. The van der Waals surface area contributed by atoms with Gasteiger partial charge in [0.2, 0.25) is 0 Å². The third-order valence-corrected chi connectivity index (χ3v) is 5.54. The molecule has 0 aromatic carbocycles. The predicted molar refractivity (Wildman–Crippen MR) is 85.8 cm³/mol. The minimum absolute atomic E-state index is 0.248. The number of aliphatic hydroxyl groups is 1. The number of aromatic nitrogens is 1. The lowest BCUT2D eigenvalue weighted by Crippen LogP contribution is -2.45. The summed E-state index contributed by atoms with van der Waals surface area (Å²) in [7, 11) is 0. The molecule has 0 unspecified atom stereocenters. The van der Waals surface area contributed by atoms with Crippen molar-refractivity contribution in [1.29, 1.82) is 0 Å². The van der Waals surface area contributed by atoms with Crippen molar-refractivity contribution in [1.82, 2.24) is 9.88 Å². The summed E-state index contributed by atoms with van der Waals surface area (Å²) in [6, 6.07) is 4.22. The lowest BCUT2D eigenvalue weighted by molar-refractivity contribution is -0.0300. The van der Waals surface area contributed by atoms with Crippen LogP contribution in [0.2, 0.25) is 0 Å². The van der Waals surface area contributed by atoms with Gasteiger partial charge in [0, 0.05) is 29.4 Å². The Morgan fingerprint density at radius 2 is 2.43 bits per heavy atom. The molecule has 0 spiro atoms. The monoisotopic (exact) mass is 324 g/mol. The van der Waals surface area contributed by atoms with Crippen molar-refractivity contribution in [3.63, 3.8) is 0 Å². The Balaban J connectivity index is 1.63. The molecule has 21 heavy (non-hydrogen) atoms. The zero-order valence-corrected chi connectivity index (χ0v) is 13.7. The number of nitrogens with zero attached hydrogens (tertiary/aromatic N) is 2. The Morgan fingerprint density at radius 1 is 1.52 bits per heavy atom. The van der Waals surface area contributed by atoms with Crippen LogP contribution in [0.4, 0.5) is 0 Å². The maximum atomic E-state index is 10.4. The van der Waals surface area contributed by atoms with E-state index in [0.717, 1.165) is 35.3 Å². The summed E-state index contributed by atoms with van der Waals surface area (Å²) in [4.78, 5) is 7.96. The van der Waals surface area contributed by atoms with Gasteiger partial charge in [0.1, 0.15) is 0 Å². The van der Waals surface area contributed by atoms with E-state index in [2.05, 4.69) is 15.3 Å². The molecule has 3 heterocycles. The second-order valence-corrected chi connectivity index (χ2v) is 7.37. The molecule has 1 saturated heterocycles. The van der Waals surface area contributed by atoms with Crippen LogP contribution in [0.25, 0.3) is 0 Å². The molecule has 1 fully saturated rings. The van der Waals surface area contributed by atoms with Gasteiger partial charge in [-0.15, -0.1) is 22.7 Å². The maximum Gasteiger partial charge on any atom is 0.0897 e. The molecule has 3 rings (SSSR count). The van der Waals surface area contributed by atoms with Crippen molar-refractivity contribution in [3.05, 3.63) is 38.5 Å². The smallest absolute Gasteiger partial charge is 0.0897 e. The summed E-state index contributed by atoms with van der Waals surface area (Å²) < 4.78 is 5.61. The Hall–Kier alpha value is -0.790. The highest BCUT2D eigenvalue weighted by Gasteiger charge is 2.26. The number of ether oxygens (including phenoxy) is 1. The van der Waals surface area contributed by atoms with Crippen LogP contribution in [0.5, 0.6) is 0 Å². The van der Waals surface area contributed by atoms with E-state index >= 15 is 0 Å². The minimum Gasteiger partial charge on any atom is -0.388 e. The molecule has 0 saturated carbocycles. The predicted octanol–water partition coefficient (Wildman–Crippen LogP) is 2.84. The van der Waals surface area contributed by atoms with Crippen LogP contribution in [-0.4, -0.2) is 40.8 Å². The number of aryl methyl sites for hydroxylation is 1. The SMILES string of the molecule is Cc1nc(CN2CCOC[C@H]2C[C@@H](O)c2cccs2)cs1. The van der Waals surface area contributed by atoms with E-state index in [1.54, 1.807) is 22.7 Å². The van der Waals surface area contributed by atoms with Gasteiger partial charge >= 0.3 is 0 Å². The van der Waals surface area contributed by atoms with Gasteiger partial charge < -0.3 is 9.84 Å². The number of rotatable bonds is 5. The van der Waals surface area contributed by atoms with E-state index in [9.17, 15) is 5.11 Å². The Kier molecular flexibility index (Phi) is 5.03. The van der Waals surface area contributed by atoms with Gasteiger partial charge in [-0.2, -0.15) is 0 Å². The average Bonchev–Trinajstić information content (AvgIpc) is 3.13. The summed E-state index contributed by atoms with van der Waals surface area (Å²) >= 11 is 3.30. The summed E-state index contributed by atoms with van der Waals surface area (Å²) in [5.74, 6) is 0. The van der Waals surface area contributed by atoms with Crippen molar-refractivity contribution < 1.29 is 9.84 Å². The van der Waals surface area contributed by atoms with Gasteiger partial charge in [-0.1, -0.05) is 6.07 Å². The van der Waals surface area contributed by atoms with E-state index in [1.165, 1.54) is 0 Å². The highest BCUT2D eigenvalue weighted by Crippen LogP contribution is 2.26. The van der Waals surface area contributed by atoms with Gasteiger partial charge in [-0.3, -0.25) is 4.90 Å². The molecule has 0 amide bonds. The molecular formula is C15H20N2O2S2. The van der Waals surface area contributed by atoms with Crippen molar-refractivity contribution in [2.24, 2.45) is 0 Å². The van der Waals surface area contributed by atoms with Gasteiger partial charge in [0.15, 0.2) is 0 Å². The first kappa shape index (κ1) is 15.1. The van der Waals surface area contributed by atoms with Crippen LogP contribution in [-0.2, 0) is 11.3 Å². The average molecular weight is 324 g/mol. The van der Waals surface area contributed by atoms with Crippen molar-refractivity contribution in [2.75, 3.05) is 19.8 Å². The van der Waals surface area contributed by atoms with Crippen molar-refractivity contribution in [2.45, 2.75) is 32.0 Å². The van der Waals surface area contributed by atoms with E-state index < -0.39 is 6.10 Å². The molecular weight excluding hydrogens is 304 g/mol. The van der Waals surface area contributed by atoms with Gasteiger partial charge in [0.05, 0.1) is 30.0 Å². The van der Waals surface area contributed by atoms with E-state index in [-0.39, 0.29) is 6.04 Å². The van der Waals surface area contributed by atoms with Crippen molar-refractivity contribution >= 4 is 22.7 Å². The van der Waals surface area contributed by atoms with Crippen LogP contribution in [0.3, 0.4) is 0 Å². The fraction of sp³-hybridized carbons (Fsp3) is 0.533. The molecule has 0 bridgehead atoms. The Morgan fingerprint density at radius 3 is 3.14 bits per heavy atom. The summed E-state index contributed by atoms with van der Waals surface area (Å²) in [6.45, 7) is 5.22. The summed E-state index contributed by atoms with van der Waals surface area (Å²) in [6.07, 6.45) is 0.306. The van der Waals surface area contributed by atoms with Crippen LogP contribution in [0.15, 0.2) is 22.9 Å². The van der Waals surface area contributed by atoms with Gasteiger partial charge in [-0.25, -0.2) is 4.98 Å². The maximum absolute atomic E-state index is 10.4. The topological polar surface area (TPSA) is 45.6 Å². The normalized spacial score (nSPS) is 21.5. The summed E-state index contributed by atoms with van der Waals surface area (Å²) in [5, 5.41) is 15.6. The Bertz CT molecular complexity index is 556. The first-order valence-corrected chi connectivity index (χ1v) is 8.92. The zero-order valence-electron chi connectivity index (χ0n) is 12.1. The number of thiazole rings is 1. The first-order valence-electron chi connectivity index (χ1n) is 7.16. The highest BCUT2D eigenvalue weighted by molar-refractivity contribution is 7.10. The van der Waals surface area contributed by atoms with E-state index in [0.29, 0.717) is 13.0 Å². The Labute approximate surface area is 133 Å². The number of hydrogen-bond acceptors (Lipinski definition) is 6. The number of aliphatic hydroxyl groups excluding tert-OH is 1. The molecule has 0 radical (unpaired) electrons. The van der Waals surface area contributed by atoms with Crippen LogP contribution >= 0.6 is 22.7 Å². The molecule has 2 aromatic rings. The van der Waals surface area contributed by atoms with Crippen LogP contribution in [0.1, 0.15) is 28.1 Å². The molecule has 2 aromatic heterocycles. The largest absolute Gasteiger partial charge is 0.388 e. The standard InChI is InChI=1S/C15H20N2O2S2/c1-11-16-12(10-21-11)8-17-4-5-19-9-13(17)7-14(18)15-3-2-6-20-15/h2-3,6,10,13-14,18H,4-5,7-9H2,1H3/t13-,14-/m1/s1. The second-order valence-electron chi connectivity index (χ2n) is 5.32. The molecule has 0 aliphatic carbocycles. The van der Waals surface area contributed by atoms with Gasteiger partial charge in [0.25, 0.3) is 0 Å².